The Labute approximate surface area is 114 Å². The van der Waals surface area contributed by atoms with E-state index in [-0.39, 0.29) is 5.54 Å². The van der Waals surface area contributed by atoms with E-state index in [4.69, 9.17) is 11.6 Å². The van der Waals surface area contributed by atoms with Gasteiger partial charge < -0.3 is 5.32 Å². The van der Waals surface area contributed by atoms with E-state index in [9.17, 15) is 0 Å². The first kappa shape index (κ1) is 13.6. The van der Waals surface area contributed by atoms with Gasteiger partial charge in [-0.2, -0.15) is 0 Å². The van der Waals surface area contributed by atoms with E-state index in [2.05, 4.69) is 36.1 Å². The van der Waals surface area contributed by atoms with Crippen molar-refractivity contribution in [2.75, 3.05) is 5.32 Å². The zero-order valence-corrected chi connectivity index (χ0v) is 12.2. The summed E-state index contributed by atoms with van der Waals surface area (Å²) in [6, 6.07) is 1.80. The Morgan fingerprint density at radius 3 is 2.44 bits per heavy atom. The standard InChI is InChI=1S/C14H22ClN3/c1-14(2,3)18-12-9-11(15)16-13(17-12)10-7-5-4-6-8-10/h9-10H,4-8H2,1-3H3,(H,16,17,18). The van der Waals surface area contributed by atoms with Gasteiger partial charge in [0.2, 0.25) is 0 Å². The predicted molar refractivity (Wildman–Crippen MR) is 76.2 cm³/mol. The molecule has 3 nitrogen and oxygen atoms in total. The van der Waals surface area contributed by atoms with Crippen molar-refractivity contribution in [3.63, 3.8) is 0 Å². The summed E-state index contributed by atoms with van der Waals surface area (Å²) in [6.07, 6.45) is 6.28. The highest BCUT2D eigenvalue weighted by Crippen LogP contribution is 2.32. The number of nitrogens with zero attached hydrogens (tertiary/aromatic N) is 2. The smallest absolute Gasteiger partial charge is 0.135 e. The van der Waals surface area contributed by atoms with Crippen molar-refractivity contribution >= 4 is 17.4 Å². The molecule has 18 heavy (non-hydrogen) atoms. The molecule has 0 bridgehead atoms. The number of anilines is 1. The molecule has 1 heterocycles. The lowest BCUT2D eigenvalue weighted by atomic mass is 9.89. The summed E-state index contributed by atoms with van der Waals surface area (Å²) in [5, 5.41) is 3.91. The van der Waals surface area contributed by atoms with Crippen LogP contribution in [0.2, 0.25) is 5.15 Å². The number of nitrogens with one attached hydrogen (secondary N) is 1. The van der Waals surface area contributed by atoms with E-state index in [0.717, 1.165) is 11.6 Å². The monoisotopic (exact) mass is 267 g/mol. The Kier molecular flexibility index (Phi) is 4.10. The van der Waals surface area contributed by atoms with Crippen LogP contribution >= 0.6 is 11.6 Å². The van der Waals surface area contributed by atoms with Gasteiger partial charge in [-0.15, -0.1) is 0 Å². The summed E-state index contributed by atoms with van der Waals surface area (Å²) < 4.78 is 0. The minimum Gasteiger partial charge on any atom is -0.365 e. The van der Waals surface area contributed by atoms with Crippen molar-refractivity contribution < 1.29 is 0 Å². The van der Waals surface area contributed by atoms with Gasteiger partial charge in [-0.05, 0) is 33.6 Å². The van der Waals surface area contributed by atoms with Crippen LogP contribution in [0.25, 0.3) is 0 Å². The molecule has 4 heteroatoms. The molecule has 0 aliphatic heterocycles. The molecule has 1 N–H and O–H groups in total. The Morgan fingerprint density at radius 2 is 1.83 bits per heavy atom. The van der Waals surface area contributed by atoms with Crippen molar-refractivity contribution in [2.45, 2.75) is 64.3 Å². The van der Waals surface area contributed by atoms with Crippen LogP contribution in [0.15, 0.2) is 6.07 Å². The maximum absolute atomic E-state index is 6.11. The third kappa shape index (κ3) is 3.84. The molecule has 2 rings (SSSR count). The van der Waals surface area contributed by atoms with Gasteiger partial charge in [-0.1, -0.05) is 30.9 Å². The average molecular weight is 268 g/mol. The highest BCUT2D eigenvalue weighted by molar-refractivity contribution is 6.29. The molecule has 1 fully saturated rings. The van der Waals surface area contributed by atoms with E-state index in [1.54, 1.807) is 6.07 Å². The minimum atomic E-state index is -0.0124. The third-order valence-corrected chi connectivity index (χ3v) is 3.38. The highest BCUT2D eigenvalue weighted by atomic mass is 35.5. The minimum absolute atomic E-state index is 0.0124. The fraction of sp³-hybridized carbons (Fsp3) is 0.714. The molecule has 1 aliphatic rings. The summed E-state index contributed by atoms with van der Waals surface area (Å²) in [6.45, 7) is 6.34. The summed E-state index contributed by atoms with van der Waals surface area (Å²) in [4.78, 5) is 9.04. The van der Waals surface area contributed by atoms with Crippen molar-refractivity contribution in [3.05, 3.63) is 17.0 Å². The Balaban J connectivity index is 2.20. The van der Waals surface area contributed by atoms with Gasteiger partial charge in [0, 0.05) is 17.5 Å². The normalized spacial score (nSPS) is 17.8. The second-order valence-corrected chi connectivity index (χ2v) is 6.53. The third-order valence-electron chi connectivity index (χ3n) is 3.19. The van der Waals surface area contributed by atoms with E-state index in [1.807, 2.05) is 0 Å². The van der Waals surface area contributed by atoms with Crippen LogP contribution < -0.4 is 5.32 Å². The zero-order valence-electron chi connectivity index (χ0n) is 11.5. The Bertz CT molecular complexity index is 406. The van der Waals surface area contributed by atoms with Gasteiger partial charge in [0.05, 0.1) is 0 Å². The largest absolute Gasteiger partial charge is 0.365 e. The number of hydrogen-bond donors (Lipinski definition) is 1. The van der Waals surface area contributed by atoms with Crippen molar-refractivity contribution in [1.29, 1.82) is 0 Å². The van der Waals surface area contributed by atoms with Crippen LogP contribution in [-0.4, -0.2) is 15.5 Å². The Morgan fingerprint density at radius 1 is 1.17 bits per heavy atom. The highest BCUT2D eigenvalue weighted by Gasteiger charge is 2.20. The van der Waals surface area contributed by atoms with Crippen LogP contribution in [0.5, 0.6) is 0 Å². The fourth-order valence-corrected chi connectivity index (χ4v) is 2.62. The predicted octanol–water partition coefficient (Wildman–Crippen LogP) is 4.39. The van der Waals surface area contributed by atoms with Gasteiger partial charge in [0.15, 0.2) is 0 Å². The number of hydrogen-bond acceptors (Lipinski definition) is 3. The number of rotatable bonds is 2. The lowest BCUT2D eigenvalue weighted by molar-refractivity contribution is 0.428. The van der Waals surface area contributed by atoms with Crippen LogP contribution in [0.4, 0.5) is 5.82 Å². The van der Waals surface area contributed by atoms with Crippen molar-refractivity contribution in [2.24, 2.45) is 0 Å². The molecule has 100 valence electrons. The fourth-order valence-electron chi connectivity index (χ4n) is 2.43. The molecule has 0 unspecified atom stereocenters. The molecule has 1 aromatic heterocycles. The lowest BCUT2D eigenvalue weighted by Crippen LogP contribution is -2.27. The Hall–Kier alpha value is -0.830. The topological polar surface area (TPSA) is 37.8 Å². The van der Waals surface area contributed by atoms with Crippen molar-refractivity contribution in [3.8, 4) is 0 Å². The van der Waals surface area contributed by atoms with Crippen LogP contribution in [0.1, 0.15) is 64.6 Å². The first-order valence-corrected chi connectivity index (χ1v) is 7.14. The van der Waals surface area contributed by atoms with Gasteiger partial charge in [-0.25, -0.2) is 9.97 Å². The molecule has 0 amide bonds. The van der Waals surface area contributed by atoms with Crippen LogP contribution in [0, 0.1) is 0 Å². The molecule has 0 radical (unpaired) electrons. The summed E-state index contributed by atoms with van der Waals surface area (Å²) in [7, 11) is 0. The first-order chi connectivity index (χ1) is 8.44. The van der Waals surface area contributed by atoms with E-state index < -0.39 is 0 Å². The molecular formula is C14H22ClN3. The van der Waals surface area contributed by atoms with Crippen molar-refractivity contribution in [1.82, 2.24) is 9.97 Å². The van der Waals surface area contributed by atoms with Crippen LogP contribution in [-0.2, 0) is 0 Å². The molecule has 1 aromatic rings. The van der Waals surface area contributed by atoms with Crippen LogP contribution in [0.3, 0.4) is 0 Å². The molecule has 1 aliphatic carbocycles. The average Bonchev–Trinajstić information content (AvgIpc) is 2.27. The SMILES string of the molecule is CC(C)(C)Nc1cc(Cl)nc(C2CCCCC2)n1. The van der Waals surface area contributed by atoms with E-state index in [0.29, 0.717) is 11.1 Å². The number of aromatic nitrogens is 2. The maximum Gasteiger partial charge on any atom is 0.135 e. The van der Waals surface area contributed by atoms with E-state index >= 15 is 0 Å². The maximum atomic E-state index is 6.11. The van der Waals surface area contributed by atoms with Gasteiger partial charge in [-0.3, -0.25) is 0 Å². The first-order valence-electron chi connectivity index (χ1n) is 6.77. The summed E-state index contributed by atoms with van der Waals surface area (Å²) in [5.41, 5.74) is -0.0124. The van der Waals surface area contributed by atoms with Gasteiger partial charge in [0.25, 0.3) is 0 Å². The number of halogens is 1. The zero-order chi connectivity index (χ0) is 13.2. The quantitative estimate of drug-likeness (QED) is 0.808. The second kappa shape index (κ2) is 5.43. The molecule has 0 saturated heterocycles. The molecule has 0 aromatic carbocycles. The van der Waals surface area contributed by atoms with E-state index in [1.165, 1.54) is 32.1 Å². The molecule has 0 atom stereocenters. The molecular weight excluding hydrogens is 246 g/mol. The van der Waals surface area contributed by atoms with Gasteiger partial charge >= 0.3 is 0 Å². The van der Waals surface area contributed by atoms with Gasteiger partial charge in [0.1, 0.15) is 16.8 Å². The molecule has 1 saturated carbocycles. The lowest BCUT2D eigenvalue weighted by Gasteiger charge is -2.24. The summed E-state index contributed by atoms with van der Waals surface area (Å²) in [5.74, 6) is 2.23. The molecule has 0 spiro atoms. The second-order valence-electron chi connectivity index (χ2n) is 6.14. The summed E-state index contributed by atoms with van der Waals surface area (Å²) >= 11 is 6.11.